The number of hydrogen-bond donors (Lipinski definition) is 0. The number of ether oxygens (including phenoxy) is 1. The van der Waals surface area contributed by atoms with E-state index in [0.717, 1.165) is 27.9 Å². The molecule has 0 saturated carbocycles. The summed E-state index contributed by atoms with van der Waals surface area (Å²) in [6, 6.07) is 23.5. The average molecular weight is 430 g/mol. The van der Waals surface area contributed by atoms with Gasteiger partial charge < -0.3 is 4.74 Å². The highest BCUT2D eigenvalue weighted by atomic mass is 35.5. The van der Waals surface area contributed by atoms with Crippen LogP contribution in [0, 0.1) is 17.4 Å². The van der Waals surface area contributed by atoms with Gasteiger partial charge in [0, 0.05) is 5.02 Å². The first-order valence-electron chi connectivity index (χ1n) is 10.2. The molecule has 3 aromatic rings. The number of fused-ring (bicyclic) bond motifs is 5. The number of halogens is 1. The first-order chi connectivity index (χ1) is 15.1. The van der Waals surface area contributed by atoms with Crippen molar-refractivity contribution in [2.45, 2.75) is 12.5 Å². The van der Waals surface area contributed by atoms with E-state index in [1.807, 2.05) is 53.5 Å². The lowest BCUT2D eigenvalue weighted by atomic mass is 9.76. The minimum atomic E-state index is -0.900. The lowest BCUT2D eigenvalue weighted by Gasteiger charge is -2.41. The fourth-order valence-electron chi connectivity index (χ4n) is 5.07. The summed E-state index contributed by atoms with van der Waals surface area (Å²) in [4.78, 5) is 13.3. The predicted octanol–water partition coefficient (Wildman–Crippen LogP) is 4.96. The van der Waals surface area contributed by atoms with Crippen LogP contribution in [0.15, 0.2) is 72.8 Å². The van der Waals surface area contributed by atoms with Crippen LogP contribution in [0.4, 0.5) is 5.69 Å². The van der Waals surface area contributed by atoms with Gasteiger partial charge in [-0.25, -0.2) is 5.01 Å². The van der Waals surface area contributed by atoms with E-state index in [-0.39, 0.29) is 19.1 Å². The van der Waals surface area contributed by atoms with Gasteiger partial charge >= 0.3 is 5.97 Å². The first-order valence-corrected chi connectivity index (χ1v) is 10.6. The zero-order valence-electron chi connectivity index (χ0n) is 17.0. The van der Waals surface area contributed by atoms with Crippen molar-refractivity contribution in [2.24, 2.45) is 5.92 Å². The molecule has 2 aliphatic rings. The monoisotopic (exact) mass is 429 g/mol. The van der Waals surface area contributed by atoms with Gasteiger partial charge in [0.05, 0.1) is 18.8 Å². The third-order valence-electron chi connectivity index (χ3n) is 6.16. The number of carbonyl (C=O) groups is 1. The summed E-state index contributed by atoms with van der Waals surface area (Å²) in [5.41, 5.74) is 3.98. The molecule has 1 aliphatic carbocycles. The van der Waals surface area contributed by atoms with Gasteiger partial charge in [-0.15, -0.1) is 0 Å². The number of carbonyl (C=O) groups excluding carboxylic acids is 1. The first kappa shape index (κ1) is 19.5. The van der Waals surface area contributed by atoms with Gasteiger partial charge in [-0.1, -0.05) is 60.1 Å². The van der Waals surface area contributed by atoms with Gasteiger partial charge in [-0.2, -0.15) is 5.26 Å². The van der Waals surface area contributed by atoms with E-state index in [9.17, 15) is 10.1 Å². The zero-order valence-corrected chi connectivity index (χ0v) is 17.7. The molecule has 5 rings (SSSR count). The SMILES string of the molecule is CCOC(=O)[C@H]1CN(C#N)N(c2ccc(Cl)cc2)C12c1ccccc1-c1ccccc12. The molecular weight excluding hydrogens is 410 g/mol. The lowest BCUT2D eigenvalue weighted by Crippen LogP contribution is -2.50. The Morgan fingerprint density at radius 3 is 2.19 bits per heavy atom. The second kappa shape index (κ2) is 7.33. The summed E-state index contributed by atoms with van der Waals surface area (Å²) < 4.78 is 5.52. The normalized spacial score (nSPS) is 17.9. The van der Waals surface area contributed by atoms with Crippen molar-refractivity contribution in [3.8, 4) is 17.3 Å². The zero-order chi connectivity index (χ0) is 21.6. The van der Waals surface area contributed by atoms with Crippen molar-refractivity contribution in [3.63, 3.8) is 0 Å². The van der Waals surface area contributed by atoms with Crippen LogP contribution < -0.4 is 5.01 Å². The van der Waals surface area contributed by atoms with Crippen LogP contribution in [0.1, 0.15) is 18.1 Å². The highest BCUT2D eigenvalue weighted by molar-refractivity contribution is 6.30. The van der Waals surface area contributed by atoms with Crippen LogP contribution in [0.2, 0.25) is 5.02 Å². The van der Waals surface area contributed by atoms with Crippen LogP contribution in [0.25, 0.3) is 11.1 Å². The molecule has 0 N–H and O–H groups in total. The highest BCUT2D eigenvalue weighted by Gasteiger charge is 2.62. The van der Waals surface area contributed by atoms with E-state index in [0.29, 0.717) is 5.02 Å². The van der Waals surface area contributed by atoms with Crippen LogP contribution in [-0.4, -0.2) is 24.1 Å². The minimum absolute atomic E-state index is 0.223. The van der Waals surface area contributed by atoms with Gasteiger partial charge in [0.2, 0.25) is 0 Å². The molecule has 154 valence electrons. The maximum atomic E-state index is 13.3. The number of nitrogens with zero attached hydrogens (tertiary/aromatic N) is 3. The Labute approximate surface area is 186 Å². The van der Waals surface area contributed by atoms with Crippen LogP contribution in [0.5, 0.6) is 0 Å². The maximum Gasteiger partial charge on any atom is 0.314 e. The van der Waals surface area contributed by atoms with Crippen molar-refractivity contribution in [3.05, 3.63) is 88.9 Å². The Hall–Kier alpha value is -3.49. The van der Waals surface area contributed by atoms with Crippen molar-refractivity contribution in [2.75, 3.05) is 18.2 Å². The number of nitriles is 1. The van der Waals surface area contributed by atoms with E-state index < -0.39 is 11.5 Å². The molecule has 0 amide bonds. The molecular formula is C25H20ClN3O2. The molecule has 1 heterocycles. The second-order valence-electron chi connectivity index (χ2n) is 7.63. The lowest BCUT2D eigenvalue weighted by molar-refractivity contribution is -0.148. The molecule has 31 heavy (non-hydrogen) atoms. The molecule has 6 heteroatoms. The quantitative estimate of drug-likeness (QED) is 0.435. The van der Waals surface area contributed by atoms with Crippen LogP contribution >= 0.6 is 11.6 Å². The summed E-state index contributed by atoms with van der Waals surface area (Å²) in [6.07, 6.45) is 2.29. The molecule has 1 spiro atoms. The van der Waals surface area contributed by atoms with Crippen molar-refractivity contribution in [1.29, 1.82) is 5.26 Å². The number of esters is 1. The molecule has 1 saturated heterocycles. The van der Waals surface area contributed by atoms with Crippen molar-refractivity contribution < 1.29 is 9.53 Å². The summed E-state index contributed by atoms with van der Waals surface area (Å²) in [5.74, 6) is -0.904. The minimum Gasteiger partial charge on any atom is -0.466 e. The standard InChI is InChI=1S/C25H20ClN3O2/c1-2-31-24(30)23-15-28(16-27)29(18-13-11-17(26)12-14-18)25(23)21-9-5-3-7-19(21)20-8-4-6-10-22(20)25/h3-14,23H,2,15H2,1H3/t23-/m1/s1. The van der Waals surface area contributed by atoms with Crippen LogP contribution in [0.3, 0.4) is 0 Å². The summed E-state index contributed by atoms with van der Waals surface area (Å²) >= 11 is 6.15. The van der Waals surface area contributed by atoms with E-state index in [1.165, 1.54) is 0 Å². The molecule has 1 atom stereocenters. The van der Waals surface area contributed by atoms with Gasteiger partial charge in [0.15, 0.2) is 6.19 Å². The van der Waals surface area contributed by atoms with Gasteiger partial charge in [0.25, 0.3) is 0 Å². The molecule has 1 fully saturated rings. The summed E-state index contributed by atoms with van der Waals surface area (Å²) in [7, 11) is 0. The number of rotatable bonds is 3. The molecule has 0 radical (unpaired) electrons. The third kappa shape index (κ3) is 2.65. The number of hydrazine groups is 1. The Morgan fingerprint density at radius 1 is 1.06 bits per heavy atom. The van der Waals surface area contributed by atoms with E-state index in [2.05, 4.69) is 18.3 Å². The van der Waals surface area contributed by atoms with E-state index in [4.69, 9.17) is 16.3 Å². The molecule has 0 unspecified atom stereocenters. The van der Waals surface area contributed by atoms with Crippen molar-refractivity contribution >= 4 is 23.3 Å². The largest absolute Gasteiger partial charge is 0.466 e. The fourth-order valence-corrected chi connectivity index (χ4v) is 5.20. The summed E-state index contributed by atoms with van der Waals surface area (Å²) in [5, 5.41) is 14.2. The summed E-state index contributed by atoms with van der Waals surface area (Å²) in [6.45, 7) is 2.30. The highest BCUT2D eigenvalue weighted by Crippen LogP contribution is 2.59. The second-order valence-corrected chi connectivity index (χ2v) is 8.07. The predicted molar refractivity (Wildman–Crippen MR) is 119 cm³/mol. The molecule has 3 aromatic carbocycles. The van der Waals surface area contributed by atoms with Gasteiger partial charge in [-0.05, 0) is 53.4 Å². The van der Waals surface area contributed by atoms with E-state index in [1.54, 1.807) is 24.1 Å². The smallest absolute Gasteiger partial charge is 0.314 e. The molecule has 1 aliphatic heterocycles. The fraction of sp³-hybridized carbons (Fsp3) is 0.200. The number of anilines is 1. The topological polar surface area (TPSA) is 56.6 Å². The van der Waals surface area contributed by atoms with Crippen molar-refractivity contribution in [1.82, 2.24) is 5.01 Å². The van der Waals surface area contributed by atoms with E-state index >= 15 is 0 Å². The molecule has 5 nitrogen and oxygen atoms in total. The Morgan fingerprint density at radius 2 is 1.65 bits per heavy atom. The Balaban J connectivity index is 1.86. The van der Waals surface area contributed by atoms with Crippen LogP contribution in [-0.2, 0) is 15.1 Å². The Kier molecular flexibility index (Phi) is 4.60. The maximum absolute atomic E-state index is 13.3. The third-order valence-corrected chi connectivity index (χ3v) is 6.41. The number of benzene rings is 3. The van der Waals surface area contributed by atoms with Gasteiger partial charge in [-0.3, -0.25) is 9.80 Å². The van der Waals surface area contributed by atoms with Gasteiger partial charge in [0.1, 0.15) is 11.5 Å². The number of hydrogen-bond acceptors (Lipinski definition) is 5. The average Bonchev–Trinajstić information content (AvgIpc) is 3.30. The molecule has 0 bridgehead atoms. The molecule has 0 aromatic heterocycles. The Bertz CT molecular complexity index is 1160.